The Bertz CT molecular complexity index is 54.9. The molecule has 0 unspecified atom stereocenters. The Kier molecular flexibility index (Phi) is 7.45. The second kappa shape index (κ2) is 6.87. The number of hydrogen-bond donors (Lipinski definition) is 0. The standard InChI is InChI=1S/C4H9.C3H7O.Sn/c1-3-4-2;1-3(2)4;/h1,3-4H2,2H3;3H,1-2H3;/q;-1;+1. The molecule has 0 rings (SSSR count). The average molecular weight is 235 g/mol. The van der Waals surface area contributed by atoms with Crippen molar-refractivity contribution in [2.45, 2.75) is 44.2 Å². The van der Waals surface area contributed by atoms with Crippen LogP contribution in [0.15, 0.2) is 0 Å². The Hall–Kier alpha value is 0.759. The molecule has 1 nitrogen and oxygen atoms in total. The van der Waals surface area contributed by atoms with E-state index in [1.165, 1.54) is 17.3 Å². The molecule has 0 aliphatic heterocycles. The molecule has 0 aliphatic rings. The molecule has 9 heavy (non-hydrogen) atoms. The molecule has 54 valence electrons. The second-order valence-electron chi connectivity index (χ2n) is 2.41. The minimum absolute atomic E-state index is 0.390. The fourth-order valence-electron chi connectivity index (χ4n) is 0.475. The molecule has 2 heteroatoms. The van der Waals surface area contributed by atoms with Crippen LogP contribution in [0.3, 0.4) is 0 Å². The molecule has 0 aliphatic carbocycles. The van der Waals surface area contributed by atoms with Gasteiger partial charge in [0.05, 0.1) is 0 Å². The summed E-state index contributed by atoms with van der Waals surface area (Å²) in [5.74, 6) is 0. The van der Waals surface area contributed by atoms with Crippen LogP contribution >= 0.6 is 0 Å². The molecule has 2 radical (unpaired) electrons. The third-order valence-electron chi connectivity index (χ3n) is 0.951. The van der Waals surface area contributed by atoms with Gasteiger partial charge in [-0.3, -0.25) is 0 Å². The van der Waals surface area contributed by atoms with Crippen molar-refractivity contribution in [3.05, 3.63) is 0 Å². The van der Waals surface area contributed by atoms with Gasteiger partial charge in [-0.1, -0.05) is 0 Å². The molecule has 0 saturated heterocycles. The Morgan fingerprint density at radius 3 is 2.56 bits per heavy atom. The van der Waals surface area contributed by atoms with Crippen molar-refractivity contribution in [3.63, 3.8) is 0 Å². The van der Waals surface area contributed by atoms with Crippen LogP contribution in [0.4, 0.5) is 0 Å². The monoisotopic (exact) mass is 236 g/mol. The van der Waals surface area contributed by atoms with E-state index in [9.17, 15) is 0 Å². The molecule has 0 bridgehead atoms. The summed E-state index contributed by atoms with van der Waals surface area (Å²) in [6, 6.07) is 0. The summed E-state index contributed by atoms with van der Waals surface area (Å²) in [6.45, 7) is 6.47. The first-order valence-electron chi connectivity index (χ1n) is 3.66. The van der Waals surface area contributed by atoms with Crippen LogP contribution in [0.5, 0.6) is 0 Å². The molecule has 0 N–H and O–H groups in total. The van der Waals surface area contributed by atoms with Crippen molar-refractivity contribution >= 4 is 21.6 Å². The van der Waals surface area contributed by atoms with E-state index < -0.39 is 0 Å². The molecule has 0 aromatic rings. The van der Waals surface area contributed by atoms with Crippen molar-refractivity contribution in [3.8, 4) is 0 Å². The van der Waals surface area contributed by atoms with E-state index in [0.717, 1.165) is 0 Å². The average Bonchev–Trinajstić information content (AvgIpc) is 1.80. The zero-order valence-electron chi connectivity index (χ0n) is 6.61. The van der Waals surface area contributed by atoms with Gasteiger partial charge in [0.1, 0.15) is 0 Å². The van der Waals surface area contributed by atoms with Gasteiger partial charge in [-0.25, -0.2) is 0 Å². The Balaban J connectivity index is 2.75. The SMILES string of the molecule is CCC[CH2][Sn][O]C(C)C. The van der Waals surface area contributed by atoms with Crippen LogP contribution in [-0.4, -0.2) is 27.7 Å². The van der Waals surface area contributed by atoms with Crippen molar-refractivity contribution in [2.24, 2.45) is 0 Å². The summed E-state index contributed by atoms with van der Waals surface area (Å²) in [7, 11) is 0. The molecule has 0 atom stereocenters. The van der Waals surface area contributed by atoms with Gasteiger partial charge in [-0.15, -0.1) is 0 Å². The van der Waals surface area contributed by atoms with Gasteiger partial charge in [0, 0.05) is 0 Å². The first-order valence-corrected chi connectivity index (χ1v) is 6.84. The van der Waals surface area contributed by atoms with Crippen LogP contribution in [0.25, 0.3) is 0 Å². The van der Waals surface area contributed by atoms with Crippen LogP contribution < -0.4 is 0 Å². The first-order chi connectivity index (χ1) is 4.27. The third-order valence-corrected chi connectivity index (χ3v) is 4.36. The van der Waals surface area contributed by atoms with Gasteiger partial charge in [-0.2, -0.15) is 0 Å². The fraction of sp³-hybridized carbons (Fsp3) is 1.00. The van der Waals surface area contributed by atoms with E-state index >= 15 is 0 Å². The Morgan fingerprint density at radius 1 is 1.44 bits per heavy atom. The van der Waals surface area contributed by atoms with Crippen LogP contribution in [-0.2, 0) is 3.07 Å². The molecular formula is C7H16OSn. The first kappa shape index (κ1) is 9.76. The maximum atomic E-state index is 5.51. The van der Waals surface area contributed by atoms with E-state index in [1.54, 1.807) is 0 Å². The second-order valence-corrected chi connectivity index (χ2v) is 5.34. The molecule has 0 spiro atoms. The van der Waals surface area contributed by atoms with Crippen molar-refractivity contribution < 1.29 is 3.07 Å². The number of hydrogen-bond acceptors (Lipinski definition) is 1. The summed E-state index contributed by atoms with van der Waals surface area (Å²) in [5, 5.41) is 0. The quantitative estimate of drug-likeness (QED) is 0.524. The van der Waals surface area contributed by atoms with Crippen LogP contribution in [0.2, 0.25) is 4.44 Å². The predicted molar refractivity (Wildman–Crippen MR) is 41.7 cm³/mol. The fourth-order valence-corrected chi connectivity index (χ4v) is 3.18. The van der Waals surface area contributed by atoms with Gasteiger partial charge < -0.3 is 0 Å². The van der Waals surface area contributed by atoms with E-state index in [2.05, 4.69) is 20.8 Å². The molecule has 0 fully saturated rings. The minimum atomic E-state index is -0.390. The van der Waals surface area contributed by atoms with Gasteiger partial charge in [-0.05, 0) is 0 Å². The summed E-state index contributed by atoms with van der Waals surface area (Å²) in [5.41, 5.74) is 0. The number of unbranched alkanes of at least 4 members (excludes halogenated alkanes) is 1. The van der Waals surface area contributed by atoms with Crippen LogP contribution in [0, 0.1) is 0 Å². The van der Waals surface area contributed by atoms with E-state index in [-0.39, 0.29) is 21.6 Å². The topological polar surface area (TPSA) is 9.23 Å². The van der Waals surface area contributed by atoms with E-state index in [1.807, 2.05) is 0 Å². The Labute approximate surface area is 68.9 Å². The molecule has 0 aromatic heterocycles. The predicted octanol–water partition coefficient (Wildman–Crippen LogP) is 2.25. The molecular weight excluding hydrogens is 219 g/mol. The zero-order chi connectivity index (χ0) is 7.11. The number of rotatable bonds is 5. The van der Waals surface area contributed by atoms with E-state index in [4.69, 9.17) is 3.07 Å². The van der Waals surface area contributed by atoms with Gasteiger partial charge in [0.25, 0.3) is 0 Å². The van der Waals surface area contributed by atoms with Crippen LogP contribution in [0.1, 0.15) is 33.6 Å². The Morgan fingerprint density at radius 2 is 2.11 bits per heavy atom. The molecule has 0 heterocycles. The van der Waals surface area contributed by atoms with E-state index in [0.29, 0.717) is 6.10 Å². The van der Waals surface area contributed by atoms with Crippen molar-refractivity contribution in [1.29, 1.82) is 0 Å². The summed E-state index contributed by atoms with van der Waals surface area (Å²) in [4.78, 5) is 0. The molecule has 0 saturated carbocycles. The van der Waals surface area contributed by atoms with Crippen molar-refractivity contribution in [1.82, 2.24) is 0 Å². The summed E-state index contributed by atoms with van der Waals surface area (Å²) in [6.07, 6.45) is 3.18. The maximum absolute atomic E-state index is 5.51. The zero-order valence-corrected chi connectivity index (χ0v) is 9.46. The summed E-state index contributed by atoms with van der Waals surface area (Å²) < 4.78 is 6.90. The van der Waals surface area contributed by atoms with Gasteiger partial charge in [0.2, 0.25) is 0 Å². The molecule has 0 amide bonds. The third kappa shape index (κ3) is 8.76. The normalized spacial score (nSPS) is 10.7. The van der Waals surface area contributed by atoms with Gasteiger partial charge in [0.15, 0.2) is 0 Å². The van der Waals surface area contributed by atoms with Crippen molar-refractivity contribution in [2.75, 3.05) is 0 Å². The van der Waals surface area contributed by atoms with Gasteiger partial charge >= 0.3 is 68.8 Å². The summed E-state index contributed by atoms with van der Waals surface area (Å²) >= 11 is -0.390. The molecule has 0 aromatic carbocycles.